The number of rotatable bonds is 6. The van der Waals surface area contributed by atoms with Crippen molar-refractivity contribution in [2.75, 3.05) is 25.6 Å². The lowest BCUT2D eigenvalue weighted by atomic mass is 9.78. The highest BCUT2D eigenvalue weighted by Gasteiger charge is 2.49. The van der Waals surface area contributed by atoms with E-state index in [1.54, 1.807) is 46.8 Å². The molecule has 3 heterocycles. The number of nitrogens with one attached hydrogen (secondary N) is 2. The van der Waals surface area contributed by atoms with Crippen molar-refractivity contribution >= 4 is 40.0 Å². The molecule has 0 spiro atoms. The SMILES string of the molecule is CCNC(=O)COc1cc2c(O)c3c(O)c(C)c4c(c13)C(=O)C(C)(O/C=C/C(OC)C(C)C(OC(C)=O)C(C)C(O)C(C)C(O)C(C)/C=C/C=C(C)C(=O)N2)O4. The number of likely N-dealkylation sites (N-methyl/N-ethyl adjacent to an activating group) is 1. The largest absolute Gasteiger partial charge is 0.507 e. The van der Waals surface area contributed by atoms with Gasteiger partial charge < -0.3 is 54.7 Å². The quantitative estimate of drug-likeness (QED) is 0.175. The summed E-state index contributed by atoms with van der Waals surface area (Å²) in [5.74, 6) is -8.18. The molecule has 56 heavy (non-hydrogen) atoms. The normalized spacial score (nSPS) is 29.8. The summed E-state index contributed by atoms with van der Waals surface area (Å²) in [5, 5.41) is 50.7. The summed E-state index contributed by atoms with van der Waals surface area (Å²) in [7, 11) is 1.43. The lowest BCUT2D eigenvalue weighted by Gasteiger charge is -2.38. The topological polar surface area (TPSA) is 219 Å². The van der Waals surface area contributed by atoms with Crippen molar-refractivity contribution in [3.05, 3.63) is 53.3 Å². The van der Waals surface area contributed by atoms with Gasteiger partial charge in [0.15, 0.2) is 12.4 Å². The van der Waals surface area contributed by atoms with Crippen molar-refractivity contribution in [3.63, 3.8) is 0 Å². The van der Waals surface area contributed by atoms with Crippen LogP contribution in [0.5, 0.6) is 23.0 Å². The number of Topliss-reactive ketones (excluding diaryl/α,β-unsaturated/α-hetero) is 1. The second-order valence-electron chi connectivity index (χ2n) is 14.6. The predicted molar refractivity (Wildman–Crippen MR) is 206 cm³/mol. The van der Waals surface area contributed by atoms with E-state index in [1.807, 2.05) is 0 Å². The van der Waals surface area contributed by atoms with E-state index < -0.39 is 95.5 Å². The number of ketones is 1. The predicted octanol–water partition coefficient (Wildman–Crippen LogP) is 4.56. The molecule has 0 saturated carbocycles. The molecule has 0 saturated heterocycles. The van der Waals surface area contributed by atoms with Crippen LogP contribution in [0.25, 0.3) is 10.8 Å². The number of anilines is 1. The highest BCUT2D eigenvalue weighted by atomic mass is 16.7. The highest BCUT2D eigenvalue weighted by molar-refractivity contribution is 6.21. The first-order chi connectivity index (χ1) is 26.3. The number of benzene rings is 2. The number of methoxy groups -OCH3 is 1. The fourth-order valence-electron chi connectivity index (χ4n) is 7.14. The summed E-state index contributed by atoms with van der Waals surface area (Å²) >= 11 is 0. The van der Waals surface area contributed by atoms with Crippen LogP contribution in [-0.2, 0) is 28.6 Å². The first-order valence-corrected chi connectivity index (χ1v) is 18.5. The molecule has 5 rings (SSSR count). The van der Waals surface area contributed by atoms with Crippen LogP contribution >= 0.6 is 0 Å². The molecule has 15 heteroatoms. The van der Waals surface area contributed by atoms with E-state index in [-0.39, 0.29) is 44.7 Å². The molecule has 5 bridgehead atoms. The third kappa shape index (κ3) is 8.79. The molecule has 0 fully saturated rings. The van der Waals surface area contributed by atoms with Crippen molar-refractivity contribution in [1.29, 1.82) is 0 Å². The maximum absolute atomic E-state index is 14.3. The molecule has 15 nitrogen and oxygen atoms in total. The van der Waals surface area contributed by atoms with Gasteiger partial charge in [-0.3, -0.25) is 19.2 Å². The molecular weight excluding hydrogens is 728 g/mol. The summed E-state index contributed by atoms with van der Waals surface area (Å²) in [6.45, 7) is 14.0. The molecule has 3 aliphatic rings. The molecule has 0 aliphatic carbocycles. The van der Waals surface area contributed by atoms with Crippen LogP contribution in [-0.4, -0.2) is 94.5 Å². The average Bonchev–Trinajstić information content (AvgIpc) is 3.42. The van der Waals surface area contributed by atoms with Gasteiger partial charge in [-0.25, -0.2) is 0 Å². The fraction of sp³-hybridized carbons (Fsp3) is 0.512. The van der Waals surface area contributed by atoms with E-state index in [9.17, 15) is 39.6 Å². The average molecular weight is 783 g/mol. The van der Waals surface area contributed by atoms with Gasteiger partial charge in [-0.2, -0.15) is 0 Å². The standard InChI is InChI=1S/C41H54N2O13/c1-11-42-29(45)18-53-28-17-26-36(49)31-30(28)32-38(24(7)35(31)48)56-41(9,39(32)50)54-16-15-27(52-10)21(4)37(55-25(8)44)23(6)34(47)22(5)33(46)19(2)13-12-14-20(3)40(51)43-26/h12-17,19,21-23,27,33-34,37,46-49H,11,18H2,1-10H3,(H,42,45)(H,43,51)/b13-12+,16-15+,20-14?. The molecule has 9 unspecified atom stereocenters. The first-order valence-electron chi connectivity index (χ1n) is 18.5. The number of allylic oxidation sites excluding steroid dienone is 2. The third-order valence-electron chi connectivity index (χ3n) is 10.6. The zero-order valence-corrected chi connectivity index (χ0v) is 33.5. The third-order valence-corrected chi connectivity index (χ3v) is 10.6. The van der Waals surface area contributed by atoms with Crippen molar-refractivity contribution in [3.8, 4) is 23.0 Å². The minimum Gasteiger partial charge on any atom is -0.507 e. The van der Waals surface area contributed by atoms with Gasteiger partial charge >= 0.3 is 11.8 Å². The first kappa shape index (κ1) is 43.6. The summed E-state index contributed by atoms with van der Waals surface area (Å²) in [6, 6.07) is 1.24. The Morgan fingerprint density at radius 3 is 2.29 bits per heavy atom. The molecule has 0 radical (unpaired) electrons. The van der Waals surface area contributed by atoms with Crippen LogP contribution in [0.3, 0.4) is 0 Å². The minimum absolute atomic E-state index is 0.0639. The number of esters is 1. The number of fused-ring (bicyclic) bond motifs is 14. The van der Waals surface area contributed by atoms with E-state index in [0.717, 1.165) is 0 Å². The Kier molecular flexibility index (Phi) is 13.8. The number of hydrogen-bond acceptors (Lipinski definition) is 13. The van der Waals surface area contributed by atoms with Crippen molar-refractivity contribution < 1.29 is 63.3 Å². The number of phenolic OH excluding ortho intramolecular Hbond substituents is 2. The molecule has 3 aliphatic heterocycles. The number of carbonyl (C=O) groups is 4. The molecule has 2 amide bonds. The Bertz CT molecular complexity index is 1940. The van der Waals surface area contributed by atoms with Crippen molar-refractivity contribution in [2.45, 2.75) is 92.5 Å². The molecule has 6 N–H and O–H groups in total. The molecular formula is C41H54N2O13. The van der Waals surface area contributed by atoms with Gasteiger partial charge in [0.1, 0.15) is 23.4 Å². The number of phenols is 2. The van der Waals surface area contributed by atoms with E-state index in [0.29, 0.717) is 6.54 Å². The number of amides is 2. The number of aromatic hydroxyl groups is 2. The van der Waals surface area contributed by atoms with Crippen LogP contribution in [0.1, 0.15) is 71.3 Å². The Hall–Kier alpha value is -5.12. The lowest BCUT2D eigenvalue weighted by molar-refractivity contribution is -0.160. The molecule has 0 aromatic heterocycles. The van der Waals surface area contributed by atoms with Crippen LogP contribution in [0.15, 0.2) is 42.2 Å². The van der Waals surface area contributed by atoms with Gasteiger partial charge in [0.05, 0.1) is 41.2 Å². The summed E-state index contributed by atoms with van der Waals surface area (Å²) in [4.78, 5) is 52.6. The summed E-state index contributed by atoms with van der Waals surface area (Å²) < 4.78 is 29.4. The second-order valence-corrected chi connectivity index (χ2v) is 14.6. The van der Waals surface area contributed by atoms with E-state index in [4.69, 9.17) is 23.7 Å². The van der Waals surface area contributed by atoms with Crippen LogP contribution in [0.2, 0.25) is 0 Å². The maximum Gasteiger partial charge on any atom is 0.312 e. The van der Waals surface area contributed by atoms with E-state index >= 15 is 0 Å². The lowest BCUT2D eigenvalue weighted by Crippen LogP contribution is -2.46. The smallest absolute Gasteiger partial charge is 0.312 e. The fourth-order valence-corrected chi connectivity index (χ4v) is 7.14. The Balaban J connectivity index is 1.93. The van der Waals surface area contributed by atoms with E-state index in [2.05, 4.69) is 10.6 Å². The summed E-state index contributed by atoms with van der Waals surface area (Å²) in [5.41, 5.74) is -0.0351. The zero-order valence-electron chi connectivity index (χ0n) is 33.5. The van der Waals surface area contributed by atoms with Gasteiger partial charge in [-0.05, 0) is 26.8 Å². The van der Waals surface area contributed by atoms with Gasteiger partial charge in [-0.15, -0.1) is 0 Å². The van der Waals surface area contributed by atoms with Gasteiger partial charge in [0.25, 0.3) is 17.6 Å². The molecule has 2 aromatic carbocycles. The molecule has 2 aromatic rings. The Labute approximate surface area is 326 Å². The van der Waals surface area contributed by atoms with Crippen molar-refractivity contribution in [1.82, 2.24) is 5.32 Å². The number of aliphatic hydroxyl groups excluding tert-OH is 2. The molecule has 306 valence electrons. The number of aliphatic hydroxyl groups is 2. The Morgan fingerprint density at radius 1 is 0.982 bits per heavy atom. The van der Waals surface area contributed by atoms with Gasteiger partial charge in [0, 0.05) is 73.8 Å². The summed E-state index contributed by atoms with van der Waals surface area (Å²) in [6.07, 6.45) is 3.57. The monoisotopic (exact) mass is 782 g/mol. The Morgan fingerprint density at radius 2 is 1.66 bits per heavy atom. The number of hydrogen-bond donors (Lipinski definition) is 6. The van der Waals surface area contributed by atoms with Crippen LogP contribution in [0, 0.1) is 30.6 Å². The second kappa shape index (κ2) is 17.8. The van der Waals surface area contributed by atoms with Gasteiger partial charge in [0.2, 0.25) is 0 Å². The maximum atomic E-state index is 14.3. The van der Waals surface area contributed by atoms with Crippen LogP contribution < -0.4 is 20.1 Å². The molecule has 9 atom stereocenters. The van der Waals surface area contributed by atoms with E-state index in [1.165, 1.54) is 59.3 Å². The minimum atomic E-state index is -2.02. The van der Waals surface area contributed by atoms with Crippen LogP contribution in [0.4, 0.5) is 5.69 Å². The van der Waals surface area contributed by atoms with Crippen molar-refractivity contribution in [2.24, 2.45) is 23.7 Å². The zero-order chi connectivity index (χ0) is 41.8. The number of ether oxygens (including phenoxy) is 5. The highest BCUT2D eigenvalue weighted by Crippen LogP contribution is 2.54. The van der Waals surface area contributed by atoms with Gasteiger partial charge in [-0.1, -0.05) is 45.9 Å². The number of carbonyl (C=O) groups excluding carboxylic acids is 4.